The van der Waals surface area contributed by atoms with Gasteiger partial charge in [-0.05, 0) is 40.0 Å². The summed E-state index contributed by atoms with van der Waals surface area (Å²) in [6, 6.07) is 1.94. The molecule has 19 heavy (non-hydrogen) atoms. The van der Waals surface area contributed by atoms with Gasteiger partial charge >= 0.3 is 12.1 Å². The van der Waals surface area contributed by atoms with Gasteiger partial charge in [0, 0.05) is 0 Å². The van der Waals surface area contributed by atoms with Gasteiger partial charge in [0.2, 0.25) is 6.10 Å². The van der Waals surface area contributed by atoms with E-state index in [4.69, 9.17) is 9.84 Å². The van der Waals surface area contributed by atoms with Gasteiger partial charge in [-0.3, -0.25) is 4.79 Å². The van der Waals surface area contributed by atoms with Crippen molar-refractivity contribution in [2.75, 3.05) is 0 Å². The highest BCUT2D eigenvalue weighted by atomic mass is 79.9. The first-order chi connectivity index (χ1) is 8.70. The predicted molar refractivity (Wildman–Crippen MR) is 59.4 cm³/mol. The van der Waals surface area contributed by atoms with Gasteiger partial charge in [-0.2, -0.15) is 13.2 Å². The van der Waals surface area contributed by atoms with E-state index in [2.05, 4.69) is 15.9 Å². The van der Waals surface area contributed by atoms with Crippen molar-refractivity contribution in [3.8, 4) is 5.75 Å². The second-order valence-corrected chi connectivity index (χ2v) is 4.96. The number of carboxylic acid groups (broad SMARTS) is 1. The van der Waals surface area contributed by atoms with Crippen LogP contribution in [0.2, 0.25) is 0 Å². The molecule has 0 unspecified atom stereocenters. The Hall–Kier alpha value is -1.31. The fraction of sp³-hybridized carbons (Fsp3) is 0.364. The molecular weight excluding hydrogens is 336 g/mol. The summed E-state index contributed by atoms with van der Waals surface area (Å²) in [7, 11) is 0. The summed E-state index contributed by atoms with van der Waals surface area (Å²) in [4.78, 5) is 10.9. The molecule has 0 spiro atoms. The molecule has 0 bridgehead atoms. The smallest absolute Gasteiger partial charge is 0.426 e. The Morgan fingerprint density at radius 2 is 2.05 bits per heavy atom. The fourth-order valence-corrected chi connectivity index (χ4v) is 2.53. The molecule has 3 nitrogen and oxygen atoms in total. The van der Waals surface area contributed by atoms with Crippen LogP contribution in [0, 0.1) is 11.7 Å². The number of alkyl halides is 3. The maximum absolute atomic E-state index is 13.2. The highest BCUT2D eigenvalue weighted by molar-refractivity contribution is 9.10. The van der Waals surface area contributed by atoms with Crippen LogP contribution in [0.1, 0.15) is 5.56 Å². The number of fused-ring (bicyclic) bond motifs is 1. The second-order valence-electron chi connectivity index (χ2n) is 4.10. The van der Waals surface area contributed by atoms with E-state index >= 15 is 0 Å². The SMILES string of the molecule is O=C(O)[C@@H]1Cc2cc(F)cc(Br)c2O[C@@H]1C(F)(F)F. The number of aliphatic carboxylic acids is 1. The summed E-state index contributed by atoms with van der Waals surface area (Å²) >= 11 is 2.90. The van der Waals surface area contributed by atoms with Crippen molar-refractivity contribution in [3.63, 3.8) is 0 Å². The van der Waals surface area contributed by atoms with Gasteiger partial charge < -0.3 is 9.84 Å². The van der Waals surface area contributed by atoms with E-state index in [-0.39, 0.29) is 15.8 Å². The van der Waals surface area contributed by atoms with Crippen molar-refractivity contribution < 1.29 is 32.2 Å². The van der Waals surface area contributed by atoms with E-state index in [1.165, 1.54) is 0 Å². The second kappa shape index (κ2) is 4.66. The van der Waals surface area contributed by atoms with Crippen LogP contribution < -0.4 is 4.74 Å². The highest BCUT2D eigenvalue weighted by Crippen LogP contribution is 2.42. The summed E-state index contributed by atoms with van der Waals surface area (Å²) < 4.78 is 56.3. The molecule has 0 fully saturated rings. The molecule has 1 aliphatic heterocycles. The zero-order valence-corrected chi connectivity index (χ0v) is 10.8. The number of carbonyl (C=O) groups is 1. The molecule has 1 N–H and O–H groups in total. The van der Waals surface area contributed by atoms with Crippen molar-refractivity contribution in [2.24, 2.45) is 5.92 Å². The minimum absolute atomic E-state index is 0.0283. The number of benzene rings is 1. The molecule has 1 aromatic rings. The van der Waals surface area contributed by atoms with Crippen molar-refractivity contribution in [2.45, 2.75) is 18.7 Å². The quantitative estimate of drug-likeness (QED) is 0.797. The Balaban J connectivity index is 2.48. The molecule has 8 heteroatoms. The lowest BCUT2D eigenvalue weighted by atomic mass is 9.90. The maximum Gasteiger partial charge on any atom is 0.426 e. The summed E-state index contributed by atoms with van der Waals surface area (Å²) in [5, 5.41) is 8.85. The fourth-order valence-electron chi connectivity index (χ4n) is 1.96. The third-order valence-corrected chi connectivity index (χ3v) is 3.36. The third-order valence-electron chi connectivity index (χ3n) is 2.78. The summed E-state index contributed by atoms with van der Waals surface area (Å²) in [6.07, 6.45) is -7.70. The van der Waals surface area contributed by atoms with Crippen LogP contribution in [0.5, 0.6) is 5.75 Å². The topological polar surface area (TPSA) is 46.5 Å². The Bertz CT molecular complexity index is 529. The number of ether oxygens (including phenoxy) is 1. The van der Waals surface area contributed by atoms with Gasteiger partial charge in [0.05, 0.1) is 4.47 Å². The Labute approximate surface area is 113 Å². The number of rotatable bonds is 1. The Kier molecular flexibility index (Phi) is 3.46. The summed E-state index contributed by atoms with van der Waals surface area (Å²) in [5.41, 5.74) is 0.0970. The van der Waals surface area contributed by atoms with Crippen LogP contribution in [0.25, 0.3) is 0 Å². The minimum atomic E-state index is -4.81. The van der Waals surface area contributed by atoms with Crippen LogP contribution in [0.15, 0.2) is 16.6 Å². The van der Waals surface area contributed by atoms with E-state index in [1.807, 2.05) is 0 Å². The molecule has 104 valence electrons. The number of hydrogen-bond acceptors (Lipinski definition) is 2. The van der Waals surface area contributed by atoms with Crippen LogP contribution in [0.3, 0.4) is 0 Å². The lowest BCUT2D eigenvalue weighted by Crippen LogP contribution is -2.47. The average Bonchev–Trinajstić information content (AvgIpc) is 2.25. The van der Waals surface area contributed by atoms with Crippen LogP contribution >= 0.6 is 15.9 Å². The van der Waals surface area contributed by atoms with Gasteiger partial charge in [0.25, 0.3) is 0 Å². The summed E-state index contributed by atoms with van der Waals surface area (Å²) in [5.74, 6) is -4.26. The van der Waals surface area contributed by atoms with Gasteiger partial charge in [-0.1, -0.05) is 0 Å². The number of halogens is 5. The molecule has 0 aliphatic carbocycles. The zero-order valence-electron chi connectivity index (χ0n) is 9.17. The van der Waals surface area contributed by atoms with Crippen molar-refractivity contribution >= 4 is 21.9 Å². The van der Waals surface area contributed by atoms with Gasteiger partial charge in [0.15, 0.2) is 0 Å². The molecule has 0 saturated heterocycles. The van der Waals surface area contributed by atoms with Gasteiger partial charge in [-0.25, -0.2) is 4.39 Å². The van der Waals surface area contributed by atoms with Crippen molar-refractivity contribution in [1.82, 2.24) is 0 Å². The first-order valence-corrected chi connectivity index (χ1v) is 5.93. The first kappa shape index (κ1) is 14.1. The molecular formula is C11H7BrF4O3. The molecule has 0 radical (unpaired) electrons. The molecule has 0 aromatic heterocycles. The van der Waals surface area contributed by atoms with Crippen molar-refractivity contribution in [3.05, 3.63) is 28.0 Å². The van der Waals surface area contributed by atoms with Crippen LogP contribution in [-0.4, -0.2) is 23.4 Å². The number of hydrogen-bond donors (Lipinski definition) is 1. The highest BCUT2D eigenvalue weighted by Gasteiger charge is 2.52. The Morgan fingerprint density at radius 1 is 1.42 bits per heavy atom. The van der Waals surface area contributed by atoms with Gasteiger partial charge in [0.1, 0.15) is 17.5 Å². The molecule has 1 aliphatic rings. The molecule has 0 amide bonds. The maximum atomic E-state index is 13.2. The lowest BCUT2D eigenvalue weighted by Gasteiger charge is -2.32. The average molecular weight is 343 g/mol. The van der Waals surface area contributed by atoms with Crippen LogP contribution in [0.4, 0.5) is 17.6 Å². The molecule has 2 atom stereocenters. The van der Waals surface area contributed by atoms with E-state index in [9.17, 15) is 22.4 Å². The molecule has 0 saturated carbocycles. The summed E-state index contributed by atoms with van der Waals surface area (Å²) in [6.45, 7) is 0. The predicted octanol–water partition coefficient (Wildman–Crippen LogP) is 3.15. The van der Waals surface area contributed by atoms with E-state index < -0.39 is 36.4 Å². The molecule has 2 rings (SSSR count). The molecule has 1 aromatic carbocycles. The van der Waals surface area contributed by atoms with E-state index in [0.29, 0.717) is 0 Å². The lowest BCUT2D eigenvalue weighted by molar-refractivity contribution is -0.217. The first-order valence-electron chi connectivity index (χ1n) is 5.14. The standard InChI is InChI=1S/C11H7BrF4O3/c12-7-3-5(13)1-4-2-6(10(17)18)9(11(14,15)16)19-8(4)7/h1,3,6,9H,2H2,(H,17,18)/t6-,9+/m1/s1. The van der Waals surface area contributed by atoms with E-state index in [0.717, 1.165) is 12.1 Å². The largest absolute Gasteiger partial charge is 0.481 e. The normalized spacial score (nSPS) is 22.6. The van der Waals surface area contributed by atoms with E-state index in [1.54, 1.807) is 0 Å². The monoisotopic (exact) mass is 342 g/mol. The Morgan fingerprint density at radius 3 is 2.58 bits per heavy atom. The van der Waals surface area contributed by atoms with Crippen LogP contribution in [-0.2, 0) is 11.2 Å². The third kappa shape index (κ3) is 2.68. The number of carboxylic acids is 1. The van der Waals surface area contributed by atoms with Gasteiger partial charge in [-0.15, -0.1) is 0 Å². The minimum Gasteiger partial charge on any atom is -0.481 e. The molecule has 1 heterocycles. The zero-order chi connectivity index (χ0) is 14.4. The van der Waals surface area contributed by atoms with Crippen molar-refractivity contribution in [1.29, 1.82) is 0 Å².